The highest BCUT2D eigenvalue weighted by atomic mass is 16.6. The summed E-state index contributed by atoms with van der Waals surface area (Å²) in [5, 5.41) is 0. The molecule has 0 rings (SSSR count). The van der Waals surface area contributed by atoms with E-state index in [1.54, 1.807) is 0 Å². The van der Waals surface area contributed by atoms with Crippen molar-refractivity contribution >= 4 is 11.9 Å². The van der Waals surface area contributed by atoms with Crippen LogP contribution in [-0.4, -0.2) is 37.9 Å². The number of unbranched alkanes of at least 4 members (excludes halogenated alkanes) is 19. The van der Waals surface area contributed by atoms with Crippen LogP contribution in [0.4, 0.5) is 0 Å². The van der Waals surface area contributed by atoms with Gasteiger partial charge < -0.3 is 14.2 Å². The molecule has 1 atom stereocenters. The molecule has 0 saturated heterocycles. The Labute approximate surface area is 383 Å². The second-order valence-corrected chi connectivity index (χ2v) is 16.7. The summed E-state index contributed by atoms with van der Waals surface area (Å²) < 4.78 is 17.4. The molecule has 0 amide bonds. The van der Waals surface area contributed by atoms with Crippen molar-refractivity contribution in [1.29, 1.82) is 0 Å². The molecule has 0 spiro atoms. The molecule has 0 N–H and O–H groups in total. The van der Waals surface area contributed by atoms with Gasteiger partial charge in [0.2, 0.25) is 0 Å². The van der Waals surface area contributed by atoms with Gasteiger partial charge >= 0.3 is 11.9 Å². The Morgan fingerprint density at radius 1 is 0.371 bits per heavy atom. The average Bonchev–Trinajstić information content (AvgIpc) is 3.27. The van der Waals surface area contributed by atoms with Gasteiger partial charge in [-0.3, -0.25) is 9.59 Å². The number of allylic oxidation sites excluding steroid dienone is 16. The molecule has 0 aromatic carbocycles. The quantitative estimate of drug-likeness (QED) is 0.0347. The van der Waals surface area contributed by atoms with Crippen LogP contribution in [0.3, 0.4) is 0 Å². The molecule has 0 aliphatic heterocycles. The number of esters is 2. The minimum Gasteiger partial charge on any atom is -0.462 e. The van der Waals surface area contributed by atoms with Crippen LogP contribution in [0.1, 0.15) is 226 Å². The van der Waals surface area contributed by atoms with Gasteiger partial charge in [-0.25, -0.2) is 0 Å². The first kappa shape index (κ1) is 58.8. The summed E-state index contributed by atoms with van der Waals surface area (Å²) in [6.07, 6.45) is 69.9. The Morgan fingerprint density at radius 2 is 0.726 bits per heavy atom. The van der Waals surface area contributed by atoms with Gasteiger partial charge in [0.15, 0.2) is 6.10 Å². The Morgan fingerprint density at radius 3 is 1.18 bits per heavy atom. The van der Waals surface area contributed by atoms with Crippen molar-refractivity contribution in [1.82, 2.24) is 0 Å². The lowest BCUT2D eigenvalue weighted by molar-refractivity contribution is -0.163. The SMILES string of the molecule is CC/C=C\C/C=C\C/C=C\C/C=C\CCCCCCCOCC(COC(=O)CCCCCCCCC/C=C\C/C=C\C/C=C\CC)OC(=O)CCCCCCC/C=C\CCCC. The summed E-state index contributed by atoms with van der Waals surface area (Å²) in [6.45, 7) is 7.51. The highest BCUT2D eigenvalue weighted by molar-refractivity contribution is 5.70. The molecule has 0 saturated carbocycles. The predicted octanol–water partition coefficient (Wildman–Crippen LogP) is 17.5. The van der Waals surface area contributed by atoms with Crippen molar-refractivity contribution in [2.24, 2.45) is 0 Å². The van der Waals surface area contributed by atoms with Crippen LogP contribution in [0.2, 0.25) is 0 Å². The highest BCUT2D eigenvalue weighted by Gasteiger charge is 2.17. The summed E-state index contributed by atoms with van der Waals surface area (Å²) in [6, 6.07) is 0. The number of hydrogen-bond acceptors (Lipinski definition) is 5. The summed E-state index contributed by atoms with van der Waals surface area (Å²) in [7, 11) is 0. The van der Waals surface area contributed by atoms with Crippen molar-refractivity contribution in [3.63, 3.8) is 0 Å². The average molecular weight is 861 g/mol. The maximum atomic E-state index is 12.8. The third-order valence-corrected chi connectivity index (χ3v) is 10.6. The van der Waals surface area contributed by atoms with E-state index >= 15 is 0 Å². The number of carbonyl (C=O) groups is 2. The third-order valence-electron chi connectivity index (χ3n) is 10.6. The van der Waals surface area contributed by atoms with E-state index in [0.717, 1.165) is 116 Å². The van der Waals surface area contributed by atoms with E-state index in [-0.39, 0.29) is 25.2 Å². The third kappa shape index (κ3) is 49.5. The molecule has 0 aliphatic carbocycles. The van der Waals surface area contributed by atoms with Crippen LogP contribution in [-0.2, 0) is 23.8 Å². The smallest absolute Gasteiger partial charge is 0.306 e. The Kier molecular flexibility index (Phi) is 49.5. The number of carbonyl (C=O) groups excluding carboxylic acids is 2. The van der Waals surface area contributed by atoms with Crippen LogP contribution in [0.5, 0.6) is 0 Å². The van der Waals surface area contributed by atoms with Gasteiger partial charge in [0, 0.05) is 19.4 Å². The molecule has 0 aromatic heterocycles. The van der Waals surface area contributed by atoms with Gasteiger partial charge in [0.05, 0.1) is 6.61 Å². The molecular weight excluding hydrogens is 765 g/mol. The number of hydrogen-bond donors (Lipinski definition) is 0. The zero-order valence-corrected chi connectivity index (χ0v) is 40.6. The summed E-state index contributed by atoms with van der Waals surface area (Å²) >= 11 is 0. The van der Waals surface area contributed by atoms with Gasteiger partial charge in [-0.1, -0.05) is 201 Å². The van der Waals surface area contributed by atoms with Crippen LogP contribution in [0.25, 0.3) is 0 Å². The second-order valence-electron chi connectivity index (χ2n) is 16.7. The Balaban J connectivity index is 4.31. The first-order valence-corrected chi connectivity index (χ1v) is 25.8. The van der Waals surface area contributed by atoms with E-state index in [9.17, 15) is 9.59 Å². The van der Waals surface area contributed by atoms with Crippen molar-refractivity contribution in [3.8, 4) is 0 Å². The van der Waals surface area contributed by atoms with Crippen LogP contribution < -0.4 is 0 Å². The fraction of sp³-hybridized carbons (Fsp3) is 0.684. The molecule has 0 bridgehead atoms. The van der Waals surface area contributed by atoms with Crippen LogP contribution in [0.15, 0.2) is 97.2 Å². The van der Waals surface area contributed by atoms with Crippen molar-refractivity contribution in [2.75, 3.05) is 19.8 Å². The Bertz CT molecular complexity index is 1200. The second kappa shape index (κ2) is 52.2. The lowest BCUT2D eigenvalue weighted by Gasteiger charge is -2.18. The van der Waals surface area contributed by atoms with Gasteiger partial charge in [0.25, 0.3) is 0 Å². The van der Waals surface area contributed by atoms with Gasteiger partial charge in [-0.05, 0) is 109 Å². The summed E-state index contributed by atoms with van der Waals surface area (Å²) in [5.41, 5.74) is 0. The molecular formula is C57H96O5. The topological polar surface area (TPSA) is 61.8 Å². The molecule has 0 aliphatic rings. The fourth-order valence-corrected chi connectivity index (χ4v) is 6.79. The molecule has 5 nitrogen and oxygen atoms in total. The first-order chi connectivity index (χ1) is 30.6. The largest absolute Gasteiger partial charge is 0.462 e. The van der Waals surface area contributed by atoms with Crippen molar-refractivity contribution < 1.29 is 23.8 Å². The number of ether oxygens (including phenoxy) is 3. The fourth-order valence-electron chi connectivity index (χ4n) is 6.79. The zero-order chi connectivity index (χ0) is 44.9. The highest BCUT2D eigenvalue weighted by Crippen LogP contribution is 2.13. The standard InChI is InChI=1S/C57H96O5/c1-4-7-10-13-16-19-22-24-26-28-30-32-34-37-40-43-46-49-52-60-53-55(62-57(59)51-48-45-42-39-35-21-18-15-12-9-6-3)54-61-56(58)50-47-44-41-38-36-33-31-29-27-25-23-20-17-14-11-8-5-2/h7-8,10-11,15-20,24-27,30,32,55H,4-6,9,12-14,21-23,28-29,31,33-54H2,1-3H3/b10-7-,11-8-,18-15-,19-16-,20-17-,26-24-,27-25-,32-30-. The molecule has 0 aromatic rings. The van der Waals surface area contributed by atoms with Gasteiger partial charge in [-0.2, -0.15) is 0 Å². The van der Waals surface area contributed by atoms with Gasteiger partial charge in [-0.15, -0.1) is 0 Å². The molecule has 1 unspecified atom stereocenters. The molecule has 0 radical (unpaired) electrons. The van der Waals surface area contributed by atoms with Crippen LogP contribution in [0, 0.1) is 0 Å². The van der Waals surface area contributed by atoms with Crippen LogP contribution >= 0.6 is 0 Å². The monoisotopic (exact) mass is 861 g/mol. The minimum atomic E-state index is -0.559. The molecule has 62 heavy (non-hydrogen) atoms. The lowest BCUT2D eigenvalue weighted by atomic mass is 10.1. The zero-order valence-electron chi connectivity index (χ0n) is 40.6. The maximum absolute atomic E-state index is 12.8. The predicted molar refractivity (Wildman–Crippen MR) is 270 cm³/mol. The van der Waals surface area contributed by atoms with Gasteiger partial charge in [0.1, 0.15) is 6.61 Å². The molecule has 5 heteroatoms. The van der Waals surface area contributed by atoms with Crippen molar-refractivity contribution in [2.45, 2.75) is 232 Å². The Hall–Kier alpha value is -3.18. The first-order valence-electron chi connectivity index (χ1n) is 25.8. The minimum absolute atomic E-state index is 0.0642. The van der Waals surface area contributed by atoms with E-state index in [4.69, 9.17) is 14.2 Å². The lowest BCUT2D eigenvalue weighted by Crippen LogP contribution is -2.30. The molecule has 0 heterocycles. The summed E-state index contributed by atoms with van der Waals surface area (Å²) in [4.78, 5) is 25.4. The van der Waals surface area contributed by atoms with E-state index in [2.05, 4.69) is 118 Å². The molecule has 354 valence electrons. The van der Waals surface area contributed by atoms with E-state index in [0.29, 0.717) is 19.4 Å². The summed E-state index contributed by atoms with van der Waals surface area (Å²) in [5.74, 6) is -0.434. The van der Waals surface area contributed by atoms with E-state index < -0.39 is 6.10 Å². The van der Waals surface area contributed by atoms with E-state index in [1.807, 2.05) is 0 Å². The normalized spacial score (nSPS) is 13.0. The number of rotatable bonds is 46. The maximum Gasteiger partial charge on any atom is 0.306 e. The van der Waals surface area contributed by atoms with Crippen molar-refractivity contribution in [3.05, 3.63) is 97.2 Å². The molecule has 0 fully saturated rings. The van der Waals surface area contributed by atoms with E-state index in [1.165, 1.54) is 77.0 Å².